The SMILES string of the molecule is CC(C)(C)C(N)CC(=O)NCCCN1CCCC1. The minimum absolute atomic E-state index is 0.00705. The maximum Gasteiger partial charge on any atom is 0.221 e. The Bertz CT molecular complexity index is 254. The van der Waals surface area contributed by atoms with E-state index in [9.17, 15) is 4.79 Å². The van der Waals surface area contributed by atoms with Crippen molar-refractivity contribution in [2.45, 2.75) is 52.5 Å². The number of nitrogens with one attached hydrogen (secondary N) is 1. The minimum Gasteiger partial charge on any atom is -0.356 e. The lowest BCUT2D eigenvalue weighted by atomic mass is 9.85. The number of likely N-dealkylation sites (tertiary alicyclic amines) is 1. The minimum atomic E-state index is -0.0731. The maximum absolute atomic E-state index is 11.7. The highest BCUT2D eigenvalue weighted by molar-refractivity contribution is 5.76. The largest absolute Gasteiger partial charge is 0.356 e. The van der Waals surface area contributed by atoms with Gasteiger partial charge in [-0.25, -0.2) is 0 Å². The van der Waals surface area contributed by atoms with Crippen molar-refractivity contribution in [1.82, 2.24) is 10.2 Å². The fourth-order valence-corrected chi connectivity index (χ4v) is 2.11. The highest BCUT2D eigenvalue weighted by atomic mass is 16.1. The van der Waals surface area contributed by atoms with Crippen molar-refractivity contribution in [3.05, 3.63) is 0 Å². The summed E-state index contributed by atoms with van der Waals surface area (Å²) >= 11 is 0. The molecule has 0 saturated carbocycles. The quantitative estimate of drug-likeness (QED) is 0.704. The third kappa shape index (κ3) is 5.83. The first kappa shape index (κ1) is 15.4. The van der Waals surface area contributed by atoms with E-state index in [2.05, 4.69) is 31.0 Å². The zero-order chi connectivity index (χ0) is 13.6. The monoisotopic (exact) mass is 255 g/mol. The van der Waals surface area contributed by atoms with E-state index in [1.54, 1.807) is 0 Å². The standard InChI is InChI=1S/C14H29N3O/c1-14(2,3)12(15)11-13(18)16-7-6-10-17-8-4-5-9-17/h12H,4-11,15H2,1-3H3,(H,16,18). The Morgan fingerprint density at radius 3 is 2.50 bits per heavy atom. The van der Waals surface area contributed by atoms with Gasteiger partial charge in [0, 0.05) is 19.0 Å². The zero-order valence-electron chi connectivity index (χ0n) is 12.2. The summed E-state index contributed by atoms with van der Waals surface area (Å²) in [5.74, 6) is 0.0823. The van der Waals surface area contributed by atoms with Crippen LogP contribution in [0.1, 0.15) is 46.5 Å². The maximum atomic E-state index is 11.7. The fourth-order valence-electron chi connectivity index (χ4n) is 2.11. The van der Waals surface area contributed by atoms with Crippen molar-refractivity contribution < 1.29 is 4.79 Å². The molecule has 0 aliphatic carbocycles. The van der Waals surface area contributed by atoms with Crippen LogP contribution < -0.4 is 11.1 Å². The Hall–Kier alpha value is -0.610. The van der Waals surface area contributed by atoms with Gasteiger partial charge in [0.15, 0.2) is 0 Å². The second kappa shape index (κ2) is 7.10. The molecule has 0 spiro atoms. The molecule has 1 rings (SSSR count). The molecule has 0 aromatic rings. The molecule has 1 heterocycles. The van der Waals surface area contributed by atoms with Crippen molar-refractivity contribution in [2.75, 3.05) is 26.2 Å². The van der Waals surface area contributed by atoms with Crippen molar-refractivity contribution in [3.63, 3.8) is 0 Å². The van der Waals surface area contributed by atoms with E-state index < -0.39 is 0 Å². The summed E-state index contributed by atoms with van der Waals surface area (Å²) in [6, 6.07) is -0.0731. The Kier molecular flexibility index (Phi) is 6.09. The molecule has 4 nitrogen and oxygen atoms in total. The molecule has 1 aliphatic heterocycles. The van der Waals surface area contributed by atoms with E-state index in [0.29, 0.717) is 6.42 Å². The van der Waals surface area contributed by atoms with Crippen LogP contribution in [-0.2, 0) is 4.79 Å². The Morgan fingerprint density at radius 2 is 1.94 bits per heavy atom. The molecular formula is C14H29N3O. The number of hydrogen-bond acceptors (Lipinski definition) is 3. The molecule has 1 amide bonds. The molecule has 18 heavy (non-hydrogen) atoms. The van der Waals surface area contributed by atoms with E-state index in [-0.39, 0.29) is 17.4 Å². The van der Waals surface area contributed by atoms with Gasteiger partial charge in [0.05, 0.1) is 0 Å². The van der Waals surface area contributed by atoms with Crippen LogP contribution in [0.4, 0.5) is 0 Å². The lowest BCUT2D eigenvalue weighted by Crippen LogP contribution is -2.40. The Labute approximate surface area is 111 Å². The van der Waals surface area contributed by atoms with Crippen molar-refractivity contribution >= 4 is 5.91 Å². The van der Waals surface area contributed by atoms with Crippen molar-refractivity contribution in [2.24, 2.45) is 11.1 Å². The topological polar surface area (TPSA) is 58.4 Å². The first-order valence-corrected chi connectivity index (χ1v) is 7.14. The van der Waals surface area contributed by atoms with Gasteiger partial charge in [-0.3, -0.25) is 4.79 Å². The van der Waals surface area contributed by atoms with Gasteiger partial charge in [0.1, 0.15) is 0 Å². The van der Waals surface area contributed by atoms with Gasteiger partial charge in [-0.15, -0.1) is 0 Å². The molecule has 1 unspecified atom stereocenters. The molecule has 1 atom stereocenters. The van der Waals surface area contributed by atoms with Crippen molar-refractivity contribution in [3.8, 4) is 0 Å². The number of nitrogens with zero attached hydrogens (tertiary/aromatic N) is 1. The average Bonchev–Trinajstić information content (AvgIpc) is 2.75. The first-order chi connectivity index (χ1) is 8.39. The third-order valence-corrected chi connectivity index (χ3v) is 3.69. The Morgan fingerprint density at radius 1 is 1.33 bits per heavy atom. The third-order valence-electron chi connectivity index (χ3n) is 3.69. The summed E-state index contributed by atoms with van der Waals surface area (Å²) in [6.45, 7) is 10.5. The summed E-state index contributed by atoms with van der Waals surface area (Å²) in [4.78, 5) is 14.2. The molecular weight excluding hydrogens is 226 g/mol. The predicted octanol–water partition coefficient (Wildman–Crippen LogP) is 1.35. The molecule has 0 radical (unpaired) electrons. The molecule has 106 valence electrons. The van der Waals surface area contributed by atoms with Crippen LogP contribution in [0.2, 0.25) is 0 Å². The number of nitrogens with two attached hydrogens (primary N) is 1. The molecule has 0 aromatic carbocycles. The molecule has 3 N–H and O–H groups in total. The van der Waals surface area contributed by atoms with Crippen LogP contribution in [0.15, 0.2) is 0 Å². The number of carbonyl (C=O) groups is 1. The van der Waals surface area contributed by atoms with Crippen LogP contribution in [0.5, 0.6) is 0 Å². The second-order valence-corrected chi connectivity index (χ2v) is 6.43. The lowest BCUT2D eigenvalue weighted by molar-refractivity contribution is -0.121. The van der Waals surface area contributed by atoms with Crippen LogP contribution in [0.25, 0.3) is 0 Å². The van der Waals surface area contributed by atoms with E-state index in [4.69, 9.17) is 5.73 Å². The normalized spacial score (nSPS) is 18.9. The van der Waals surface area contributed by atoms with Gasteiger partial charge in [-0.1, -0.05) is 20.8 Å². The van der Waals surface area contributed by atoms with E-state index in [0.717, 1.165) is 19.5 Å². The van der Waals surface area contributed by atoms with Crippen molar-refractivity contribution in [1.29, 1.82) is 0 Å². The average molecular weight is 255 g/mol. The van der Waals surface area contributed by atoms with Gasteiger partial charge in [0.2, 0.25) is 5.91 Å². The predicted molar refractivity (Wildman–Crippen MR) is 75.3 cm³/mol. The van der Waals surface area contributed by atoms with Crippen LogP contribution in [-0.4, -0.2) is 43.0 Å². The van der Waals surface area contributed by atoms with Gasteiger partial charge < -0.3 is 16.0 Å². The highest BCUT2D eigenvalue weighted by Crippen LogP contribution is 2.19. The van der Waals surface area contributed by atoms with Crippen LogP contribution in [0, 0.1) is 5.41 Å². The highest BCUT2D eigenvalue weighted by Gasteiger charge is 2.22. The lowest BCUT2D eigenvalue weighted by Gasteiger charge is -2.26. The number of rotatable bonds is 6. The van der Waals surface area contributed by atoms with Gasteiger partial charge in [0.25, 0.3) is 0 Å². The second-order valence-electron chi connectivity index (χ2n) is 6.43. The van der Waals surface area contributed by atoms with E-state index in [1.165, 1.54) is 25.9 Å². The molecule has 1 aliphatic rings. The number of carbonyl (C=O) groups excluding carboxylic acids is 1. The van der Waals surface area contributed by atoms with Gasteiger partial charge >= 0.3 is 0 Å². The number of hydrogen-bond donors (Lipinski definition) is 2. The van der Waals surface area contributed by atoms with Crippen LogP contribution in [0.3, 0.4) is 0 Å². The van der Waals surface area contributed by atoms with E-state index >= 15 is 0 Å². The van der Waals surface area contributed by atoms with Gasteiger partial charge in [-0.2, -0.15) is 0 Å². The molecule has 1 fully saturated rings. The van der Waals surface area contributed by atoms with Gasteiger partial charge in [-0.05, 0) is 44.3 Å². The van der Waals surface area contributed by atoms with E-state index in [1.807, 2.05) is 0 Å². The molecule has 0 aromatic heterocycles. The zero-order valence-corrected chi connectivity index (χ0v) is 12.2. The molecule has 1 saturated heterocycles. The summed E-state index contributed by atoms with van der Waals surface area (Å²) in [5, 5.41) is 2.96. The molecule has 0 bridgehead atoms. The Balaban J connectivity index is 2.06. The number of amides is 1. The molecule has 4 heteroatoms. The summed E-state index contributed by atoms with van der Waals surface area (Å²) in [6.07, 6.45) is 4.11. The fraction of sp³-hybridized carbons (Fsp3) is 0.929. The first-order valence-electron chi connectivity index (χ1n) is 7.14. The summed E-state index contributed by atoms with van der Waals surface area (Å²) in [7, 11) is 0. The van der Waals surface area contributed by atoms with Crippen LogP contribution >= 0.6 is 0 Å². The summed E-state index contributed by atoms with van der Waals surface area (Å²) in [5.41, 5.74) is 5.98. The smallest absolute Gasteiger partial charge is 0.221 e. The summed E-state index contributed by atoms with van der Waals surface area (Å²) < 4.78 is 0.